The molecule has 3 N–H and O–H groups in total. The van der Waals surface area contributed by atoms with E-state index in [1.807, 2.05) is 0 Å². The molecular formula is C11H10ClFN4O. The molecule has 0 radical (unpaired) electrons. The molecule has 0 fully saturated rings. The lowest BCUT2D eigenvalue weighted by molar-refractivity contribution is 0.411. The summed E-state index contributed by atoms with van der Waals surface area (Å²) in [7, 11) is 1.45. The molecule has 0 bridgehead atoms. The van der Waals surface area contributed by atoms with Crippen LogP contribution in [0.15, 0.2) is 24.5 Å². The number of benzene rings is 1. The Kier molecular flexibility index (Phi) is 3.47. The van der Waals surface area contributed by atoms with Crippen LogP contribution < -0.4 is 15.8 Å². The number of halogens is 2. The van der Waals surface area contributed by atoms with E-state index in [9.17, 15) is 4.39 Å². The van der Waals surface area contributed by atoms with Crippen LogP contribution in [-0.4, -0.2) is 17.1 Å². The van der Waals surface area contributed by atoms with Gasteiger partial charge in [-0.05, 0) is 6.07 Å². The second-order valence-electron chi connectivity index (χ2n) is 3.43. The lowest BCUT2D eigenvalue weighted by Crippen LogP contribution is -2.00. The molecule has 0 aliphatic rings. The fraction of sp³-hybridized carbons (Fsp3) is 0.0909. The van der Waals surface area contributed by atoms with Crippen molar-refractivity contribution < 1.29 is 9.13 Å². The Hall–Kier alpha value is -2.08. The van der Waals surface area contributed by atoms with Gasteiger partial charge in [-0.25, -0.2) is 14.4 Å². The zero-order chi connectivity index (χ0) is 13.1. The average Bonchev–Trinajstić information content (AvgIpc) is 2.34. The van der Waals surface area contributed by atoms with Crippen molar-refractivity contribution in [1.82, 2.24) is 9.97 Å². The van der Waals surface area contributed by atoms with Crippen molar-refractivity contribution >= 4 is 28.9 Å². The van der Waals surface area contributed by atoms with E-state index >= 15 is 0 Å². The molecule has 2 rings (SSSR count). The predicted molar refractivity (Wildman–Crippen MR) is 67.7 cm³/mol. The van der Waals surface area contributed by atoms with Gasteiger partial charge in [0, 0.05) is 17.8 Å². The molecule has 18 heavy (non-hydrogen) atoms. The van der Waals surface area contributed by atoms with Gasteiger partial charge in [-0.2, -0.15) is 0 Å². The van der Waals surface area contributed by atoms with Crippen LogP contribution in [0.4, 0.5) is 21.7 Å². The van der Waals surface area contributed by atoms with E-state index in [-0.39, 0.29) is 10.8 Å². The molecule has 0 atom stereocenters. The third-order valence-corrected chi connectivity index (χ3v) is 2.56. The molecule has 1 heterocycles. The molecule has 0 amide bonds. The molecule has 0 saturated heterocycles. The van der Waals surface area contributed by atoms with Crippen molar-refractivity contribution in [2.75, 3.05) is 18.2 Å². The Morgan fingerprint density at radius 3 is 2.83 bits per heavy atom. The van der Waals surface area contributed by atoms with Crippen molar-refractivity contribution in [2.24, 2.45) is 0 Å². The summed E-state index contributed by atoms with van der Waals surface area (Å²) < 4.78 is 18.2. The Morgan fingerprint density at radius 2 is 2.11 bits per heavy atom. The van der Waals surface area contributed by atoms with Gasteiger partial charge in [0.1, 0.15) is 28.7 Å². The van der Waals surface area contributed by atoms with E-state index < -0.39 is 5.82 Å². The molecule has 0 saturated carbocycles. The van der Waals surface area contributed by atoms with Gasteiger partial charge < -0.3 is 15.8 Å². The van der Waals surface area contributed by atoms with Gasteiger partial charge in [0.25, 0.3) is 0 Å². The van der Waals surface area contributed by atoms with Crippen molar-refractivity contribution in [3.8, 4) is 5.75 Å². The van der Waals surface area contributed by atoms with E-state index in [1.165, 1.54) is 25.6 Å². The van der Waals surface area contributed by atoms with Crippen LogP contribution >= 0.6 is 11.6 Å². The standard InChI is InChI=1S/C11H10ClFN4O/c1-18-8-3-6(13)2-7(4-8)17-11-9(12)10(14)15-5-16-11/h2-5H,1H3,(H3,14,15,16,17). The van der Waals surface area contributed by atoms with Gasteiger partial charge in [0.15, 0.2) is 5.82 Å². The van der Waals surface area contributed by atoms with Crippen LogP contribution in [0.3, 0.4) is 0 Å². The SMILES string of the molecule is COc1cc(F)cc(Nc2ncnc(N)c2Cl)c1. The maximum atomic E-state index is 13.3. The summed E-state index contributed by atoms with van der Waals surface area (Å²) in [6.07, 6.45) is 1.26. The smallest absolute Gasteiger partial charge is 0.154 e. The molecule has 1 aromatic heterocycles. The normalized spacial score (nSPS) is 10.2. The number of ether oxygens (including phenoxy) is 1. The van der Waals surface area contributed by atoms with Gasteiger partial charge in [0.2, 0.25) is 0 Å². The summed E-state index contributed by atoms with van der Waals surface area (Å²) >= 11 is 5.92. The van der Waals surface area contributed by atoms with Crippen molar-refractivity contribution in [3.63, 3.8) is 0 Å². The number of nitrogens with one attached hydrogen (secondary N) is 1. The van der Waals surface area contributed by atoms with Crippen molar-refractivity contribution in [1.29, 1.82) is 0 Å². The minimum atomic E-state index is -0.435. The summed E-state index contributed by atoms with van der Waals surface area (Å²) in [4.78, 5) is 7.65. The number of rotatable bonds is 3. The average molecular weight is 269 g/mol. The molecule has 0 aliphatic carbocycles. The predicted octanol–water partition coefficient (Wildman–Crippen LogP) is 2.60. The lowest BCUT2D eigenvalue weighted by Gasteiger charge is -2.09. The highest BCUT2D eigenvalue weighted by Gasteiger charge is 2.08. The lowest BCUT2D eigenvalue weighted by atomic mass is 10.3. The monoisotopic (exact) mass is 268 g/mol. The summed E-state index contributed by atoms with van der Waals surface area (Å²) in [5.41, 5.74) is 5.99. The fourth-order valence-electron chi connectivity index (χ4n) is 1.36. The highest BCUT2D eigenvalue weighted by atomic mass is 35.5. The van der Waals surface area contributed by atoms with Crippen LogP contribution in [-0.2, 0) is 0 Å². The van der Waals surface area contributed by atoms with E-state index in [0.29, 0.717) is 17.3 Å². The topological polar surface area (TPSA) is 73.1 Å². The van der Waals surface area contributed by atoms with E-state index in [2.05, 4.69) is 15.3 Å². The number of hydrogen-bond acceptors (Lipinski definition) is 5. The number of nitrogens with zero attached hydrogens (tertiary/aromatic N) is 2. The number of nitrogen functional groups attached to an aromatic ring is 1. The van der Waals surface area contributed by atoms with Crippen LogP contribution in [0.2, 0.25) is 5.02 Å². The molecule has 1 aromatic carbocycles. The zero-order valence-corrected chi connectivity index (χ0v) is 10.2. The van der Waals surface area contributed by atoms with Crippen LogP contribution in [0.25, 0.3) is 0 Å². The maximum Gasteiger partial charge on any atom is 0.154 e. The quantitative estimate of drug-likeness (QED) is 0.895. The first kappa shape index (κ1) is 12.4. The molecule has 0 spiro atoms. The molecule has 7 heteroatoms. The Morgan fingerprint density at radius 1 is 1.33 bits per heavy atom. The second-order valence-corrected chi connectivity index (χ2v) is 3.80. The largest absolute Gasteiger partial charge is 0.497 e. The third kappa shape index (κ3) is 2.60. The molecular weight excluding hydrogens is 259 g/mol. The fourth-order valence-corrected chi connectivity index (χ4v) is 1.50. The first-order chi connectivity index (χ1) is 8.60. The molecule has 2 aromatic rings. The van der Waals surface area contributed by atoms with Gasteiger partial charge in [-0.15, -0.1) is 0 Å². The van der Waals surface area contributed by atoms with Gasteiger partial charge >= 0.3 is 0 Å². The van der Waals surface area contributed by atoms with Crippen molar-refractivity contribution in [2.45, 2.75) is 0 Å². The van der Waals surface area contributed by atoms with E-state index in [1.54, 1.807) is 6.07 Å². The molecule has 0 aliphatic heterocycles. The van der Waals surface area contributed by atoms with E-state index in [4.69, 9.17) is 22.1 Å². The second kappa shape index (κ2) is 5.05. The Labute approximate surface area is 108 Å². The first-order valence-corrected chi connectivity index (χ1v) is 5.35. The zero-order valence-electron chi connectivity index (χ0n) is 9.45. The third-order valence-electron chi connectivity index (χ3n) is 2.19. The summed E-state index contributed by atoms with van der Waals surface area (Å²) in [5, 5.41) is 3.03. The highest BCUT2D eigenvalue weighted by molar-refractivity contribution is 6.35. The van der Waals surface area contributed by atoms with Gasteiger partial charge in [0.05, 0.1) is 7.11 Å². The van der Waals surface area contributed by atoms with Crippen LogP contribution in [0.1, 0.15) is 0 Å². The Bertz CT molecular complexity index is 579. The number of aromatic nitrogens is 2. The highest BCUT2D eigenvalue weighted by Crippen LogP contribution is 2.28. The minimum absolute atomic E-state index is 0.150. The first-order valence-electron chi connectivity index (χ1n) is 4.97. The number of nitrogens with two attached hydrogens (primary N) is 1. The number of methoxy groups -OCH3 is 1. The number of hydrogen-bond donors (Lipinski definition) is 2. The molecule has 94 valence electrons. The maximum absolute atomic E-state index is 13.3. The summed E-state index contributed by atoms with van der Waals surface area (Å²) in [5.74, 6) is 0.403. The minimum Gasteiger partial charge on any atom is -0.497 e. The van der Waals surface area contributed by atoms with Crippen LogP contribution in [0.5, 0.6) is 5.75 Å². The number of anilines is 3. The molecule has 5 nitrogen and oxygen atoms in total. The van der Waals surface area contributed by atoms with E-state index in [0.717, 1.165) is 0 Å². The van der Waals surface area contributed by atoms with Gasteiger partial charge in [-0.1, -0.05) is 11.6 Å². The summed E-state index contributed by atoms with van der Waals surface area (Å²) in [6.45, 7) is 0. The van der Waals surface area contributed by atoms with Gasteiger partial charge in [-0.3, -0.25) is 0 Å². The molecule has 0 unspecified atom stereocenters. The Balaban J connectivity index is 2.34. The van der Waals surface area contributed by atoms with Crippen LogP contribution in [0, 0.1) is 5.82 Å². The summed E-state index contributed by atoms with van der Waals surface area (Å²) in [6, 6.07) is 4.16. The van der Waals surface area contributed by atoms with Crippen molar-refractivity contribution in [3.05, 3.63) is 35.4 Å².